The van der Waals surface area contributed by atoms with E-state index < -0.39 is 0 Å². The van der Waals surface area contributed by atoms with Crippen LogP contribution in [-0.4, -0.2) is 60.2 Å². The fraction of sp³-hybridized carbons (Fsp3) is 0.438. The van der Waals surface area contributed by atoms with Crippen molar-refractivity contribution in [3.63, 3.8) is 0 Å². The van der Waals surface area contributed by atoms with Crippen LogP contribution in [0.2, 0.25) is 0 Å². The van der Waals surface area contributed by atoms with Gasteiger partial charge in [-0.15, -0.1) is 0 Å². The van der Waals surface area contributed by atoms with E-state index in [4.69, 9.17) is 0 Å². The van der Waals surface area contributed by atoms with Gasteiger partial charge in [-0.1, -0.05) is 12.1 Å². The predicted molar refractivity (Wildman–Crippen MR) is 81.9 cm³/mol. The average Bonchev–Trinajstić information content (AvgIpc) is 2.55. The average molecular weight is 321 g/mol. The molecule has 7 heteroatoms. The van der Waals surface area contributed by atoms with Gasteiger partial charge in [-0.3, -0.25) is 14.4 Å². The number of hydrogen-bond acceptors (Lipinski definition) is 3. The van der Waals surface area contributed by atoms with Crippen LogP contribution in [0.1, 0.15) is 12.5 Å². The maximum atomic E-state index is 12.8. The molecule has 1 heterocycles. The highest BCUT2D eigenvalue weighted by atomic mass is 19.1. The molecule has 0 aliphatic carbocycles. The fourth-order valence-corrected chi connectivity index (χ4v) is 2.41. The summed E-state index contributed by atoms with van der Waals surface area (Å²) in [4.78, 5) is 38.4. The molecule has 0 bridgehead atoms. The molecular formula is C16H20FN3O3. The van der Waals surface area contributed by atoms with Gasteiger partial charge in [0, 0.05) is 33.1 Å². The highest BCUT2D eigenvalue weighted by molar-refractivity contribution is 5.86. The molecule has 1 aromatic carbocycles. The molecule has 124 valence electrons. The van der Waals surface area contributed by atoms with E-state index in [0.29, 0.717) is 31.7 Å². The van der Waals surface area contributed by atoms with E-state index >= 15 is 0 Å². The van der Waals surface area contributed by atoms with E-state index in [1.54, 1.807) is 9.80 Å². The van der Waals surface area contributed by atoms with Gasteiger partial charge in [0.2, 0.25) is 17.7 Å². The van der Waals surface area contributed by atoms with Crippen molar-refractivity contribution in [3.05, 3.63) is 35.6 Å². The molecule has 1 aliphatic rings. The van der Waals surface area contributed by atoms with Crippen LogP contribution in [-0.2, 0) is 20.8 Å². The number of hydrogen-bond donors (Lipinski definition) is 1. The molecule has 2 rings (SSSR count). The third kappa shape index (κ3) is 5.05. The Bertz CT molecular complexity index is 581. The number of nitrogens with zero attached hydrogens (tertiary/aromatic N) is 2. The first-order valence-electron chi connectivity index (χ1n) is 7.50. The zero-order chi connectivity index (χ0) is 16.8. The third-order valence-corrected chi connectivity index (χ3v) is 3.79. The van der Waals surface area contributed by atoms with Crippen LogP contribution in [0.25, 0.3) is 0 Å². The summed E-state index contributed by atoms with van der Waals surface area (Å²) in [6, 6.07) is 5.67. The zero-order valence-corrected chi connectivity index (χ0v) is 13.0. The molecule has 6 nitrogen and oxygen atoms in total. The number of halogens is 1. The van der Waals surface area contributed by atoms with Crippen LogP contribution in [0, 0.1) is 5.82 Å². The maximum Gasteiger partial charge on any atom is 0.242 e. The van der Waals surface area contributed by atoms with E-state index in [1.807, 2.05) is 0 Å². The Labute approximate surface area is 134 Å². The molecule has 1 aromatic rings. The first-order valence-corrected chi connectivity index (χ1v) is 7.50. The molecule has 0 atom stereocenters. The van der Waals surface area contributed by atoms with Crippen molar-refractivity contribution >= 4 is 17.7 Å². The van der Waals surface area contributed by atoms with Gasteiger partial charge < -0.3 is 15.1 Å². The van der Waals surface area contributed by atoms with Crippen LogP contribution < -0.4 is 5.32 Å². The summed E-state index contributed by atoms with van der Waals surface area (Å²) in [5, 5.41) is 2.57. The molecule has 3 amide bonds. The van der Waals surface area contributed by atoms with E-state index in [2.05, 4.69) is 5.32 Å². The van der Waals surface area contributed by atoms with E-state index in [0.717, 1.165) is 0 Å². The molecule has 1 saturated heterocycles. The van der Waals surface area contributed by atoms with Crippen LogP contribution >= 0.6 is 0 Å². The molecule has 0 saturated carbocycles. The number of rotatable bonds is 4. The number of nitrogens with one attached hydrogen (secondary N) is 1. The van der Waals surface area contributed by atoms with Crippen molar-refractivity contribution in [2.75, 3.05) is 32.7 Å². The first-order chi connectivity index (χ1) is 11.0. The molecule has 1 aliphatic heterocycles. The fourth-order valence-electron chi connectivity index (χ4n) is 2.41. The van der Waals surface area contributed by atoms with Crippen molar-refractivity contribution in [3.8, 4) is 0 Å². The second-order valence-electron chi connectivity index (χ2n) is 5.47. The van der Waals surface area contributed by atoms with Crippen LogP contribution in [0.4, 0.5) is 4.39 Å². The third-order valence-electron chi connectivity index (χ3n) is 3.79. The van der Waals surface area contributed by atoms with Gasteiger partial charge in [-0.05, 0) is 17.7 Å². The Hall–Kier alpha value is -2.44. The number of carbonyl (C=O) groups is 3. The van der Waals surface area contributed by atoms with Gasteiger partial charge in [0.15, 0.2) is 0 Å². The second kappa shape index (κ2) is 7.71. The number of benzene rings is 1. The SMILES string of the molecule is CC(=O)N1CCN(C(=O)CNC(=O)Cc2ccc(F)cc2)CC1. The molecule has 0 aromatic heterocycles. The van der Waals surface area contributed by atoms with E-state index in [1.165, 1.54) is 31.2 Å². The smallest absolute Gasteiger partial charge is 0.242 e. The van der Waals surface area contributed by atoms with Gasteiger partial charge in [0.25, 0.3) is 0 Å². The highest BCUT2D eigenvalue weighted by Gasteiger charge is 2.22. The molecule has 1 N–H and O–H groups in total. The van der Waals surface area contributed by atoms with Crippen molar-refractivity contribution in [2.45, 2.75) is 13.3 Å². The van der Waals surface area contributed by atoms with Crippen molar-refractivity contribution in [1.82, 2.24) is 15.1 Å². The number of carbonyl (C=O) groups excluding carboxylic acids is 3. The zero-order valence-electron chi connectivity index (χ0n) is 13.0. The minimum atomic E-state index is -0.353. The predicted octanol–water partition coefficient (Wildman–Crippen LogP) is 0.175. The number of piperazine rings is 1. The largest absolute Gasteiger partial charge is 0.347 e. The lowest BCUT2D eigenvalue weighted by Crippen LogP contribution is -2.52. The maximum absolute atomic E-state index is 12.8. The summed E-state index contributed by atoms with van der Waals surface area (Å²) in [5.41, 5.74) is 0.687. The Balaban J connectivity index is 1.73. The monoisotopic (exact) mass is 321 g/mol. The normalized spacial score (nSPS) is 14.5. The minimum Gasteiger partial charge on any atom is -0.347 e. The van der Waals surface area contributed by atoms with Crippen molar-refractivity contribution in [2.24, 2.45) is 0 Å². The standard InChI is InChI=1S/C16H20FN3O3/c1-12(21)19-6-8-20(9-7-19)16(23)11-18-15(22)10-13-2-4-14(17)5-3-13/h2-5H,6-11H2,1H3,(H,18,22). The minimum absolute atomic E-state index is 0.00435. The van der Waals surface area contributed by atoms with Crippen LogP contribution in [0.3, 0.4) is 0 Å². The summed E-state index contributed by atoms with van der Waals surface area (Å²) in [5.74, 6) is -0.799. The van der Waals surface area contributed by atoms with Crippen molar-refractivity contribution < 1.29 is 18.8 Å². The molecule has 0 unspecified atom stereocenters. The Morgan fingerprint density at radius 2 is 1.61 bits per heavy atom. The quantitative estimate of drug-likeness (QED) is 0.860. The van der Waals surface area contributed by atoms with Crippen LogP contribution in [0.15, 0.2) is 24.3 Å². The first kappa shape index (κ1) is 16.9. The lowest BCUT2D eigenvalue weighted by molar-refractivity contribution is -0.138. The summed E-state index contributed by atoms with van der Waals surface area (Å²) >= 11 is 0. The van der Waals surface area contributed by atoms with Crippen LogP contribution in [0.5, 0.6) is 0 Å². The Morgan fingerprint density at radius 1 is 1.04 bits per heavy atom. The van der Waals surface area contributed by atoms with Gasteiger partial charge >= 0.3 is 0 Å². The molecule has 0 radical (unpaired) electrons. The number of amides is 3. The summed E-state index contributed by atoms with van der Waals surface area (Å²) in [6.07, 6.45) is 0.103. The molecular weight excluding hydrogens is 301 g/mol. The van der Waals surface area contributed by atoms with Gasteiger partial charge in [0.05, 0.1) is 13.0 Å². The second-order valence-corrected chi connectivity index (χ2v) is 5.47. The lowest BCUT2D eigenvalue weighted by Gasteiger charge is -2.34. The highest BCUT2D eigenvalue weighted by Crippen LogP contribution is 2.04. The lowest BCUT2D eigenvalue weighted by atomic mass is 10.1. The molecule has 1 fully saturated rings. The van der Waals surface area contributed by atoms with Crippen molar-refractivity contribution in [1.29, 1.82) is 0 Å². The summed E-state index contributed by atoms with van der Waals surface area (Å²) < 4.78 is 12.8. The van der Waals surface area contributed by atoms with E-state index in [9.17, 15) is 18.8 Å². The van der Waals surface area contributed by atoms with Gasteiger partial charge in [-0.25, -0.2) is 4.39 Å². The summed E-state index contributed by atoms with van der Waals surface area (Å²) in [7, 11) is 0. The molecule has 0 spiro atoms. The Kier molecular flexibility index (Phi) is 5.67. The topological polar surface area (TPSA) is 69.7 Å². The Morgan fingerprint density at radius 3 is 2.17 bits per heavy atom. The summed E-state index contributed by atoms with van der Waals surface area (Å²) in [6.45, 7) is 3.43. The molecule has 23 heavy (non-hydrogen) atoms. The van der Waals surface area contributed by atoms with E-state index in [-0.39, 0.29) is 36.5 Å². The van der Waals surface area contributed by atoms with Gasteiger partial charge in [0.1, 0.15) is 5.82 Å². The van der Waals surface area contributed by atoms with Gasteiger partial charge in [-0.2, -0.15) is 0 Å².